The maximum atomic E-state index is 13.8. The third kappa shape index (κ3) is 4.54. The minimum absolute atomic E-state index is 0.136. The quantitative estimate of drug-likeness (QED) is 0.621. The van der Waals surface area contributed by atoms with Crippen LogP contribution < -0.4 is 0 Å². The molecule has 1 aliphatic heterocycles. The lowest BCUT2D eigenvalue weighted by Gasteiger charge is -2.38. The molecule has 5 nitrogen and oxygen atoms in total. The van der Waals surface area contributed by atoms with Crippen LogP contribution in [0.15, 0.2) is 48.5 Å². The maximum Gasteiger partial charge on any atom is 0.275 e. The second kappa shape index (κ2) is 9.39. The minimum Gasteiger partial charge on any atom is -0.330 e. The number of fused-ring (bicyclic) bond motifs is 1. The van der Waals surface area contributed by atoms with Crippen LogP contribution in [0.2, 0.25) is 0 Å². The summed E-state index contributed by atoms with van der Waals surface area (Å²) >= 11 is 0. The predicted octanol–water partition coefficient (Wildman–Crippen LogP) is 4.61. The van der Waals surface area contributed by atoms with E-state index in [4.69, 9.17) is 0 Å². The molecule has 158 valence electrons. The Labute approximate surface area is 176 Å². The topological polar surface area (TPSA) is 52.2 Å². The Balaban J connectivity index is 1.58. The molecule has 0 saturated carbocycles. The van der Waals surface area contributed by atoms with E-state index in [0.717, 1.165) is 38.0 Å². The first-order chi connectivity index (χ1) is 14.7. The number of likely N-dealkylation sites (tertiary alicyclic amines) is 1. The van der Waals surface area contributed by atoms with Gasteiger partial charge in [0, 0.05) is 31.1 Å². The zero-order valence-electron chi connectivity index (χ0n) is 17.5. The molecule has 0 spiro atoms. The van der Waals surface area contributed by atoms with Gasteiger partial charge in [-0.1, -0.05) is 43.7 Å². The zero-order valence-corrected chi connectivity index (χ0v) is 17.5. The molecule has 6 heteroatoms. The molecular weight excluding hydrogens is 379 g/mol. The molecule has 0 bridgehead atoms. The van der Waals surface area contributed by atoms with E-state index in [2.05, 4.69) is 22.0 Å². The molecule has 2 aromatic carbocycles. The predicted molar refractivity (Wildman–Crippen MR) is 117 cm³/mol. The van der Waals surface area contributed by atoms with Crippen molar-refractivity contribution in [2.45, 2.75) is 45.2 Å². The van der Waals surface area contributed by atoms with Gasteiger partial charge < -0.3 is 9.80 Å². The number of hydrogen-bond acceptors (Lipinski definition) is 3. The molecule has 0 radical (unpaired) electrons. The highest BCUT2D eigenvalue weighted by Gasteiger charge is 2.30. The first-order valence-corrected chi connectivity index (χ1v) is 10.9. The monoisotopic (exact) mass is 408 g/mol. The third-order valence-electron chi connectivity index (χ3n) is 6.01. The zero-order chi connectivity index (χ0) is 20.9. The van der Waals surface area contributed by atoms with Crippen molar-refractivity contribution < 1.29 is 9.18 Å². The van der Waals surface area contributed by atoms with Crippen molar-refractivity contribution in [1.29, 1.82) is 0 Å². The number of H-pyrrole nitrogens is 1. The average molecular weight is 409 g/mol. The number of rotatable bonds is 7. The van der Waals surface area contributed by atoms with Crippen molar-refractivity contribution in [1.82, 2.24) is 20.0 Å². The van der Waals surface area contributed by atoms with Crippen LogP contribution in [0.4, 0.5) is 4.39 Å². The molecule has 1 saturated heterocycles. The normalized spacial score (nSPS) is 15.5. The van der Waals surface area contributed by atoms with Crippen molar-refractivity contribution in [3.63, 3.8) is 0 Å². The van der Waals surface area contributed by atoms with Gasteiger partial charge in [0.1, 0.15) is 5.82 Å². The Bertz CT molecular complexity index is 979. The summed E-state index contributed by atoms with van der Waals surface area (Å²) in [6, 6.07) is 14.6. The van der Waals surface area contributed by atoms with E-state index in [1.165, 1.54) is 25.0 Å². The molecule has 30 heavy (non-hydrogen) atoms. The van der Waals surface area contributed by atoms with Gasteiger partial charge in [-0.15, -0.1) is 0 Å². The standard InChI is InChI=1S/C24H29FN4O/c1-2-3-13-28-14-11-20(12-15-28)29(17-18-7-5-4-6-8-18)24(30)23-21-16-19(25)9-10-22(21)26-27-23/h4-10,16,20H,2-3,11-15,17H2,1H3,(H,26,27). The third-order valence-corrected chi connectivity index (χ3v) is 6.01. The number of carbonyl (C=O) groups is 1. The van der Waals surface area contributed by atoms with E-state index in [-0.39, 0.29) is 17.8 Å². The van der Waals surface area contributed by atoms with Crippen LogP contribution in [0.3, 0.4) is 0 Å². The Morgan fingerprint density at radius 3 is 2.70 bits per heavy atom. The molecular formula is C24H29FN4O. The molecule has 4 rings (SSSR count). The Kier molecular flexibility index (Phi) is 6.43. The van der Waals surface area contributed by atoms with Crippen LogP contribution >= 0.6 is 0 Å². The van der Waals surface area contributed by atoms with Crippen LogP contribution in [0, 0.1) is 5.82 Å². The lowest BCUT2D eigenvalue weighted by molar-refractivity contribution is 0.0545. The SMILES string of the molecule is CCCCN1CCC(N(Cc2ccccc2)C(=O)c2n[nH]c3ccc(F)cc23)CC1. The number of amides is 1. The summed E-state index contributed by atoms with van der Waals surface area (Å²) in [6.07, 6.45) is 4.29. The molecule has 2 heterocycles. The van der Waals surface area contributed by atoms with Gasteiger partial charge in [0.2, 0.25) is 0 Å². The molecule has 0 unspecified atom stereocenters. The van der Waals surface area contributed by atoms with Gasteiger partial charge in [-0.2, -0.15) is 5.10 Å². The average Bonchev–Trinajstić information content (AvgIpc) is 3.20. The fourth-order valence-corrected chi connectivity index (χ4v) is 4.27. The van der Waals surface area contributed by atoms with E-state index in [9.17, 15) is 9.18 Å². The van der Waals surface area contributed by atoms with E-state index in [1.807, 2.05) is 35.2 Å². The second-order valence-electron chi connectivity index (χ2n) is 8.11. The number of aromatic amines is 1. The fraction of sp³-hybridized carbons (Fsp3) is 0.417. The maximum absolute atomic E-state index is 13.8. The Morgan fingerprint density at radius 1 is 1.20 bits per heavy atom. The molecule has 1 fully saturated rings. The minimum atomic E-state index is -0.364. The summed E-state index contributed by atoms with van der Waals surface area (Å²) in [5.74, 6) is -0.500. The highest BCUT2D eigenvalue weighted by Crippen LogP contribution is 2.25. The molecule has 0 aliphatic carbocycles. The molecule has 3 aromatic rings. The van der Waals surface area contributed by atoms with Crippen molar-refractivity contribution >= 4 is 16.8 Å². The number of piperidine rings is 1. The van der Waals surface area contributed by atoms with Crippen LogP contribution in [0.1, 0.15) is 48.7 Å². The molecule has 1 amide bonds. The van der Waals surface area contributed by atoms with Crippen molar-refractivity contribution in [2.75, 3.05) is 19.6 Å². The summed E-state index contributed by atoms with van der Waals surface area (Å²) < 4.78 is 13.8. The van der Waals surface area contributed by atoms with E-state index in [0.29, 0.717) is 23.1 Å². The summed E-state index contributed by atoms with van der Waals surface area (Å²) in [4.78, 5) is 18.0. The number of carbonyl (C=O) groups excluding carboxylic acids is 1. The first-order valence-electron chi connectivity index (χ1n) is 10.9. The van der Waals surface area contributed by atoms with E-state index in [1.54, 1.807) is 6.07 Å². The highest BCUT2D eigenvalue weighted by molar-refractivity contribution is 6.04. The number of unbranched alkanes of at least 4 members (excludes halogenated alkanes) is 1. The van der Waals surface area contributed by atoms with Gasteiger partial charge >= 0.3 is 0 Å². The number of nitrogens with zero attached hydrogens (tertiary/aromatic N) is 3. The number of halogens is 1. The lowest BCUT2D eigenvalue weighted by atomic mass is 10.0. The molecule has 1 aliphatic rings. The van der Waals surface area contributed by atoms with Crippen molar-refractivity contribution in [3.05, 3.63) is 65.6 Å². The molecule has 0 atom stereocenters. The van der Waals surface area contributed by atoms with E-state index < -0.39 is 0 Å². The smallest absolute Gasteiger partial charge is 0.275 e. The van der Waals surface area contributed by atoms with Gasteiger partial charge in [-0.05, 0) is 49.6 Å². The Morgan fingerprint density at radius 2 is 1.97 bits per heavy atom. The van der Waals surface area contributed by atoms with Crippen LogP contribution in [-0.2, 0) is 6.54 Å². The van der Waals surface area contributed by atoms with Crippen LogP contribution in [0.25, 0.3) is 10.9 Å². The number of nitrogens with one attached hydrogen (secondary N) is 1. The summed E-state index contributed by atoms with van der Waals surface area (Å²) in [7, 11) is 0. The summed E-state index contributed by atoms with van der Waals surface area (Å²) in [5.41, 5.74) is 2.06. The lowest BCUT2D eigenvalue weighted by Crippen LogP contribution is -2.47. The van der Waals surface area contributed by atoms with Crippen molar-refractivity contribution in [2.24, 2.45) is 0 Å². The van der Waals surface area contributed by atoms with Crippen LogP contribution in [0.5, 0.6) is 0 Å². The Hall–Kier alpha value is -2.73. The van der Waals surface area contributed by atoms with E-state index >= 15 is 0 Å². The van der Waals surface area contributed by atoms with Gasteiger partial charge in [0.25, 0.3) is 5.91 Å². The first kappa shape index (κ1) is 20.5. The number of benzene rings is 2. The van der Waals surface area contributed by atoms with Gasteiger partial charge in [-0.25, -0.2) is 4.39 Å². The van der Waals surface area contributed by atoms with Gasteiger partial charge in [0.15, 0.2) is 5.69 Å². The van der Waals surface area contributed by atoms with Gasteiger partial charge in [0.05, 0.1) is 5.52 Å². The number of aromatic nitrogens is 2. The summed E-state index contributed by atoms with van der Waals surface area (Å²) in [5, 5.41) is 7.67. The van der Waals surface area contributed by atoms with Crippen molar-refractivity contribution in [3.8, 4) is 0 Å². The second-order valence-corrected chi connectivity index (χ2v) is 8.11. The largest absolute Gasteiger partial charge is 0.330 e. The van der Waals surface area contributed by atoms with Crippen LogP contribution in [-0.4, -0.2) is 51.6 Å². The molecule has 1 aromatic heterocycles. The van der Waals surface area contributed by atoms with Gasteiger partial charge in [-0.3, -0.25) is 9.89 Å². The molecule has 1 N–H and O–H groups in total. The number of hydrogen-bond donors (Lipinski definition) is 1. The summed E-state index contributed by atoms with van der Waals surface area (Å²) in [6.45, 7) is 5.87. The highest BCUT2D eigenvalue weighted by atomic mass is 19.1. The fourth-order valence-electron chi connectivity index (χ4n) is 4.27.